The number of hydrogen-bond donors (Lipinski definition) is 2. The molecular weight excluding hydrogens is 276 g/mol. The summed E-state index contributed by atoms with van der Waals surface area (Å²) in [6, 6.07) is 14.4. The highest BCUT2D eigenvalue weighted by Gasteiger charge is 2.24. The number of aliphatic hydroxyl groups is 2. The first-order valence-electron chi connectivity index (χ1n) is 6.33. The maximum absolute atomic E-state index is 10.5. The standard InChI is InChI=1S/C16H17ClO3/c1-16(19,13-7-3-2-4-8-13)11-20-15-12(10-18)6-5-9-14(15)17/h2-9,18-19H,10-11H2,1H3. The van der Waals surface area contributed by atoms with Crippen LogP contribution in [-0.2, 0) is 12.2 Å². The van der Waals surface area contributed by atoms with Crippen LogP contribution in [0, 0.1) is 0 Å². The Balaban J connectivity index is 2.17. The molecule has 3 nitrogen and oxygen atoms in total. The van der Waals surface area contributed by atoms with Gasteiger partial charge in [0.15, 0.2) is 0 Å². The molecule has 0 fully saturated rings. The van der Waals surface area contributed by atoms with E-state index in [1.54, 1.807) is 25.1 Å². The van der Waals surface area contributed by atoms with E-state index >= 15 is 0 Å². The van der Waals surface area contributed by atoms with Crippen molar-refractivity contribution in [2.75, 3.05) is 6.61 Å². The normalized spacial score (nSPS) is 13.8. The van der Waals surface area contributed by atoms with Crippen LogP contribution >= 0.6 is 11.6 Å². The van der Waals surface area contributed by atoms with Gasteiger partial charge < -0.3 is 14.9 Å². The molecule has 0 aliphatic rings. The molecule has 2 rings (SSSR count). The molecular formula is C16H17ClO3. The Morgan fingerprint density at radius 3 is 2.45 bits per heavy atom. The van der Waals surface area contributed by atoms with Crippen molar-refractivity contribution in [3.05, 3.63) is 64.7 Å². The van der Waals surface area contributed by atoms with Crippen molar-refractivity contribution in [3.63, 3.8) is 0 Å². The van der Waals surface area contributed by atoms with Crippen LogP contribution < -0.4 is 4.74 Å². The third-order valence-corrected chi connectivity index (χ3v) is 3.41. The summed E-state index contributed by atoms with van der Waals surface area (Å²) in [6.07, 6.45) is 0. The Bertz CT molecular complexity index is 567. The van der Waals surface area contributed by atoms with Crippen molar-refractivity contribution in [2.45, 2.75) is 19.1 Å². The molecule has 0 radical (unpaired) electrons. The maximum Gasteiger partial charge on any atom is 0.143 e. The van der Waals surface area contributed by atoms with Gasteiger partial charge in [0.25, 0.3) is 0 Å². The average molecular weight is 293 g/mol. The van der Waals surface area contributed by atoms with E-state index in [1.165, 1.54) is 0 Å². The summed E-state index contributed by atoms with van der Waals surface area (Å²) in [5.41, 5.74) is 0.228. The third kappa shape index (κ3) is 3.31. The van der Waals surface area contributed by atoms with Gasteiger partial charge >= 0.3 is 0 Å². The summed E-state index contributed by atoms with van der Waals surface area (Å²) < 4.78 is 5.64. The minimum absolute atomic E-state index is 0.0494. The van der Waals surface area contributed by atoms with Gasteiger partial charge in [-0.3, -0.25) is 0 Å². The second-order valence-corrected chi connectivity index (χ2v) is 5.22. The second-order valence-electron chi connectivity index (χ2n) is 4.81. The van der Waals surface area contributed by atoms with E-state index in [0.717, 1.165) is 5.56 Å². The largest absolute Gasteiger partial charge is 0.488 e. The topological polar surface area (TPSA) is 49.7 Å². The minimum Gasteiger partial charge on any atom is -0.488 e. The monoisotopic (exact) mass is 292 g/mol. The molecule has 0 spiro atoms. The summed E-state index contributed by atoms with van der Waals surface area (Å²) in [5, 5.41) is 20.2. The Hall–Kier alpha value is -1.55. The first kappa shape index (κ1) is 14.9. The molecule has 0 aromatic heterocycles. The fourth-order valence-electron chi connectivity index (χ4n) is 1.93. The van der Waals surface area contributed by atoms with Crippen molar-refractivity contribution < 1.29 is 14.9 Å². The molecule has 2 N–H and O–H groups in total. The molecule has 0 aliphatic carbocycles. The van der Waals surface area contributed by atoms with Crippen molar-refractivity contribution in [2.24, 2.45) is 0 Å². The van der Waals surface area contributed by atoms with Gasteiger partial charge in [0, 0.05) is 5.56 Å². The fourth-order valence-corrected chi connectivity index (χ4v) is 2.18. The Labute approximate surface area is 123 Å². The fraction of sp³-hybridized carbons (Fsp3) is 0.250. The van der Waals surface area contributed by atoms with E-state index in [0.29, 0.717) is 16.3 Å². The Morgan fingerprint density at radius 1 is 1.10 bits per heavy atom. The van der Waals surface area contributed by atoms with Crippen LogP contribution in [0.4, 0.5) is 0 Å². The molecule has 0 saturated carbocycles. The number of ether oxygens (including phenoxy) is 1. The summed E-state index contributed by atoms with van der Waals surface area (Å²) in [6.45, 7) is 1.56. The van der Waals surface area contributed by atoms with E-state index in [-0.39, 0.29) is 13.2 Å². The van der Waals surface area contributed by atoms with Gasteiger partial charge in [-0.25, -0.2) is 0 Å². The molecule has 0 bridgehead atoms. The predicted octanol–water partition coefficient (Wildman–Crippen LogP) is 3.12. The summed E-state index contributed by atoms with van der Waals surface area (Å²) in [5.74, 6) is 0.410. The van der Waals surface area contributed by atoms with Crippen LogP contribution in [0.5, 0.6) is 5.75 Å². The van der Waals surface area contributed by atoms with Crippen LogP contribution in [-0.4, -0.2) is 16.8 Å². The number of rotatable bonds is 5. The summed E-state index contributed by atoms with van der Waals surface area (Å²) in [7, 11) is 0. The lowest BCUT2D eigenvalue weighted by molar-refractivity contribution is 0.00699. The predicted molar refractivity (Wildman–Crippen MR) is 78.9 cm³/mol. The SMILES string of the molecule is CC(O)(COc1c(Cl)cccc1CO)c1ccccc1. The molecule has 4 heteroatoms. The second kappa shape index (κ2) is 6.27. The molecule has 0 heterocycles. The number of benzene rings is 2. The summed E-state index contributed by atoms with van der Waals surface area (Å²) >= 11 is 6.07. The third-order valence-electron chi connectivity index (χ3n) is 3.11. The molecule has 0 saturated heterocycles. The number of hydrogen-bond acceptors (Lipinski definition) is 3. The lowest BCUT2D eigenvalue weighted by atomic mass is 9.97. The van der Waals surface area contributed by atoms with Crippen molar-refractivity contribution in [1.29, 1.82) is 0 Å². The number of aliphatic hydroxyl groups excluding tert-OH is 1. The Morgan fingerprint density at radius 2 is 1.80 bits per heavy atom. The zero-order chi connectivity index (χ0) is 14.6. The van der Waals surface area contributed by atoms with Gasteiger partial charge in [0.1, 0.15) is 18.0 Å². The van der Waals surface area contributed by atoms with Gasteiger partial charge in [-0.05, 0) is 18.6 Å². The molecule has 20 heavy (non-hydrogen) atoms. The van der Waals surface area contributed by atoms with Crippen molar-refractivity contribution >= 4 is 11.6 Å². The maximum atomic E-state index is 10.5. The van der Waals surface area contributed by atoms with Crippen molar-refractivity contribution in [3.8, 4) is 5.75 Å². The summed E-state index contributed by atoms with van der Waals surface area (Å²) in [4.78, 5) is 0. The van der Waals surface area contributed by atoms with Gasteiger partial charge in [-0.1, -0.05) is 54.1 Å². The van der Waals surface area contributed by atoms with Gasteiger partial charge in [0.05, 0.1) is 11.6 Å². The Kier molecular flexibility index (Phi) is 4.65. The quantitative estimate of drug-likeness (QED) is 0.890. The first-order valence-corrected chi connectivity index (χ1v) is 6.71. The van der Waals surface area contributed by atoms with Gasteiger partial charge in [0.2, 0.25) is 0 Å². The molecule has 0 aliphatic heterocycles. The van der Waals surface area contributed by atoms with Gasteiger partial charge in [-0.2, -0.15) is 0 Å². The van der Waals surface area contributed by atoms with Crippen LogP contribution in [0.2, 0.25) is 5.02 Å². The van der Waals surface area contributed by atoms with E-state index in [9.17, 15) is 10.2 Å². The van der Waals surface area contributed by atoms with Crippen molar-refractivity contribution in [1.82, 2.24) is 0 Å². The molecule has 2 aromatic rings. The average Bonchev–Trinajstić information content (AvgIpc) is 2.46. The number of para-hydroxylation sites is 1. The van der Waals surface area contributed by atoms with E-state index < -0.39 is 5.60 Å². The first-order chi connectivity index (χ1) is 9.54. The highest BCUT2D eigenvalue weighted by molar-refractivity contribution is 6.32. The highest BCUT2D eigenvalue weighted by atomic mass is 35.5. The van der Waals surface area contributed by atoms with E-state index in [2.05, 4.69) is 0 Å². The molecule has 106 valence electrons. The lowest BCUT2D eigenvalue weighted by Crippen LogP contribution is -2.29. The lowest BCUT2D eigenvalue weighted by Gasteiger charge is -2.25. The van der Waals surface area contributed by atoms with Crippen LogP contribution in [0.3, 0.4) is 0 Å². The van der Waals surface area contributed by atoms with Crippen LogP contribution in [0.25, 0.3) is 0 Å². The van der Waals surface area contributed by atoms with Crippen LogP contribution in [0.15, 0.2) is 48.5 Å². The number of halogens is 1. The van der Waals surface area contributed by atoms with E-state index in [4.69, 9.17) is 16.3 Å². The molecule has 1 unspecified atom stereocenters. The van der Waals surface area contributed by atoms with Crippen LogP contribution in [0.1, 0.15) is 18.1 Å². The molecule has 0 amide bonds. The molecule has 1 atom stereocenters. The highest BCUT2D eigenvalue weighted by Crippen LogP contribution is 2.30. The zero-order valence-corrected chi connectivity index (χ0v) is 12.0. The molecule has 2 aromatic carbocycles. The zero-order valence-electron chi connectivity index (χ0n) is 11.2. The smallest absolute Gasteiger partial charge is 0.143 e. The van der Waals surface area contributed by atoms with E-state index in [1.807, 2.05) is 30.3 Å². The van der Waals surface area contributed by atoms with Gasteiger partial charge in [-0.15, -0.1) is 0 Å². The minimum atomic E-state index is -1.13.